The van der Waals surface area contributed by atoms with Gasteiger partial charge in [-0.2, -0.15) is 0 Å². The molecule has 0 atom stereocenters. The summed E-state index contributed by atoms with van der Waals surface area (Å²) in [7, 11) is 0. The summed E-state index contributed by atoms with van der Waals surface area (Å²) in [6.07, 6.45) is 0. The zero-order valence-electron chi connectivity index (χ0n) is 9.75. The van der Waals surface area contributed by atoms with E-state index in [-0.39, 0.29) is 10.0 Å². The summed E-state index contributed by atoms with van der Waals surface area (Å²) < 4.78 is 28.6. The number of halogens is 4. The first-order chi connectivity index (χ1) is 9.47. The van der Waals surface area contributed by atoms with Crippen molar-refractivity contribution in [1.29, 1.82) is 0 Å². The number of nitrogens with one attached hydrogen (secondary N) is 1. The molecule has 1 N–H and O–H groups in total. The lowest BCUT2D eigenvalue weighted by atomic mass is 10.2. The second-order valence-corrected chi connectivity index (χ2v) is 5.35. The molecule has 0 fully saturated rings. The molecule has 3 aromatic rings. The van der Waals surface area contributed by atoms with Crippen molar-refractivity contribution in [1.82, 2.24) is 9.55 Å². The van der Waals surface area contributed by atoms with E-state index in [0.29, 0.717) is 21.5 Å². The van der Waals surface area contributed by atoms with Gasteiger partial charge in [-0.3, -0.25) is 4.57 Å². The van der Waals surface area contributed by atoms with Crippen molar-refractivity contribution in [2.45, 2.75) is 0 Å². The Balaban J connectivity index is 2.39. The molecule has 2 nitrogen and oxygen atoms in total. The van der Waals surface area contributed by atoms with E-state index in [4.69, 9.17) is 35.4 Å². The van der Waals surface area contributed by atoms with Gasteiger partial charge in [-0.15, -0.1) is 0 Å². The van der Waals surface area contributed by atoms with E-state index in [1.165, 1.54) is 34.9 Å². The Morgan fingerprint density at radius 2 is 1.80 bits per heavy atom. The molecular formula is C13H6Cl2F2N2S. The molecule has 1 aromatic heterocycles. The highest BCUT2D eigenvalue weighted by atomic mass is 35.5. The molecule has 0 aliphatic heterocycles. The number of benzene rings is 2. The summed E-state index contributed by atoms with van der Waals surface area (Å²) >= 11 is 17.0. The summed E-state index contributed by atoms with van der Waals surface area (Å²) in [6, 6.07) is 6.60. The molecule has 0 aliphatic rings. The predicted octanol–water partition coefficient (Wildman–Crippen LogP) is 5.27. The zero-order chi connectivity index (χ0) is 14.4. The fourth-order valence-corrected chi connectivity index (χ4v) is 2.73. The van der Waals surface area contributed by atoms with Gasteiger partial charge in [-0.1, -0.05) is 23.2 Å². The number of aromatic amines is 1. The highest BCUT2D eigenvalue weighted by Gasteiger charge is 2.13. The molecule has 0 saturated carbocycles. The lowest BCUT2D eigenvalue weighted by Gasteiger charge is -2.07. The third-order valence-corrected chi connectivity index (χ3v) is 3.75. The molecule has 0 radical (unpaired) electrons. The van der Waals surface area contributed by atoms with Gasteiger partial charge in [-0.25, -0.2) is 8.78 Å². The van der Waals surface area contributed by atoms with Crippen molar-refractivity contribution in [2.75, 3.05) is 0 Å². The monoisotopic (exact) mass is 330 g/mol. The van der Waals surface area contributed by atoms with E-state index < -0.39 is 11.6 Å². The molecule has 0 saturated heterocycles. The molecule has 0 amide bonds. The molecule has 2 aromatic carbocycles. The first kappa shape index (κ1) is 13.5. The number of H-pyrrole nitrogens is 1. The first-order valence-corrected chi connectivity index (χ1v) is 6.69. The van der Waals surface area contributed by atoms with Gasteiger partial charge >= 0.3 is 0 Å². The van der Waals surface area contributed by atoms with Gasteiger partial charge in [-0.05, 0) is 36.5 Å². The third-order valence-electron chi connectivity index (χ3n) is 2.87. The van der Waals surface area contributed by atoms with E-state index in [0.717, 1.165) is 0 Å². The number of hydrogen-bond donors (Lipinski definition) is 1. The molecule has 0 unspecified atom stereocenters. The van der Waals surface area contributed by atoms with Crippen molar-refractivity contribution >= 4 is 46.5 Å². The van der Waals surface area contributed by atoms with Gasteiger partial charge in [0.05, 0.1) is 26.8 Å². The molecule has 3 rings (SSSR count). The van der Waals surface area contributed by atoms with Crippen LogP contribution in [0.1, 0.15) is 0 Å². The van der Waals surface area contributed by atoms with Crippen LogP contribution in [0.25, 0.3) is 16.7 Å². The lowest BCUT2D eigenvalue weighted by molar-refractivity contribution is 0.627. The van der Waals surface area contributed by atoms with E-state index in [1.54, 1.807) is 0 Å². The second kappa shape index (κ2) is 4.84. The van der Waals surface area contributed by atoms with Crippen molar-refractivity contribution in [3.8, 4) is 5.69 Å². The molecule has 0 bridgehead atoms. The van der Waals surface area contributed by atoms with Crippen LogP contribution in [0.5, 0.6) is 0 Å². The number of fused-ring (bicyclic) bond motifs is 1. The minimum Gasteiger partial charge on any atom is -0.330 e. The van der Waals surface area contributed by atoms with Gasteiger partial charge in [0.25, 0.3) is 0 Å². The SMILES string of the molecule is Fc1ccc(-n2c(=S)[nH]c3cc(Cl)c(F)cc32)c(Cl)c1. The maximum Gasteiger partial charge on any atom is 0.182 e. The number of imidazole rings is 1. The maximum absolute atomic E-state index is 13.6. The van der Waals surface area contributed by atoms with Crippen molar-refractivity contribution < 1.29 is 8.78 Å². The van der Waals surface area contributed by atoms with Gasteiger partial charge in [0.15, 0.2) is 4.77 Å². The van der Waals surface area contributed by atoms with Crippen molar-refractivity contribution in [2.24, 2.45) is 0 Å². The molecule has 1 heterocycles. The minimum absolute atomic E-state index is 0.00824. The molecular weight excluding hydrogens is 325 g/mol. The molecule has 102 valence electrons. The average Bonchev–Trinajstić information content (AvgIpc) is 2.66. The Morgan fingerprint density at radius 1 is 1.05 bits per heavy atom. The number of hydrogen-bond acceptors (Lipinski definition) is 1. The number of rotatable bonds is 1. The van der Waals surface area contributed by atoms with Crippen LogP contribution in [-0.4, -0.2) is 9.55 Å². The Morgan fingerprint density at radius 3 is 2.50 bits per heavy atom. The van der Waals surface area contributed by atoms with Crippen LogP contribution < -0.4 is 0 Å². The Hall–Kier alpha value is -1.43. The number of nitrogens with zero attached hydrogens (tertiary/aromatic N) is 1. The summed E-state index contributed by atoms with van der Waals surface area (Å²) in [5, 5.41) is 0.170. The van der Waals surface area contributed by atoms with Crippen molar-refractivity contribution in [3.05, 3.63) is 56.8 Å². The topological polar surface area (TPSA) is 20.7 Å². The highest BCUT2D eigenvalue weighted by Crippen LogP contribution is 2.28. The molecule has 20 heavy (non-hydrogen) atoms. The van der Waals surface area contributed by atoms with Crippen LogP contribution in [0.15, 0.2) is 30.3 Å². The normalized spacial score (nSPS) is 11.2. The standard InChI is InChI=1S/C13H6Cl2F2N2S/c14-7-4-10-12(5-9(7)17)19(13(20)18-10)11-2-1-6(16)3-8(11)15/h1-5H,(H,18,20). The summed E-state index contributed by atoms with van der Waals surface area (Å²) in [4.78, 5) is 2.91. The van der Waals surface area contributed by atoms with Crippen molar-refractivity contribution in [3.63, 3.8) is 0 Å². The Kier molecular flexibility index (Phi) is 3.28. The van der Waals surface area contributed by atoms with Gasteiger partial charge in [0.2, 0.25) is 0 Å². The molecule has 7 heteroatoms. The number of aromatic nitrogens is 2. The van der Waals surface area contributed by atoms with Gasteiger partial charge < -0.3 is 4.98 Å². The molecule has 0 aliphatic carbocycles. The van der Waals surface area contributed by atoms with Crippen LogP contribution in [0.2, 0.25) is 10.0 Å². The van der Waals surface area contributed by atoms with Crippen LogP contribution in [0, 0.1) is 16.4 Å². The summed E-state index contributed by atoms with van der Waals surface area (Å²) in [5.74, 6) is -1.03. The second-order valence-electron chi connectivity index (χ2n) is 4.14. The highest BCUT2D eigenvalue weighted by molar-refractivity contribution is 7.71. The average molecular weight is 331 g/mol. The summed E-state index contributed by atoms with van der Waals surface area (Å²) in [6.45, 7) is 0. The van der Waals surface area contributed by atoms with E-state index in [1.807, 2.05) is 0 Å². The van der Waals surface area contributed by atoms with E-state index in [2.05, 4.69) is 4.98 Å². The van der Waals surface area contributed by atoms with Crippen LogP contribution in [-0.2, 0) is 0 Å². The lowest BCUT2D eigenvalue weighted by Crippen LogP contribution is -1.96. The third kappa shape index (κ3) is 2.12. The van der Waals surface area contributed by atoms with E-state index >= 15 is 0 Å². The van der Waals surface area contributed by atoms with Crippen LogP contribution >= 0.6 is 35.4 Å². The van der Waals surface area contributed by atoms with Crippen LogP contribution in [0.4, 0.5) is 8.78 Å². The fraction of sp³-hybridized carbons (Fsp3) is 0. The minimum atomic E-state index is -0.569. The largest absolute Gasteiger partial charge is 0.330 e. The predicted molar refractivity (Wildman–Crippen MR) is 78.4 cm³/mol. The molecule has 0 spiro atoms. The Bertz CT molecular complexity index is 886. The smallest absolute Gasteiger partial charge is 0.182 e. The van der Waals surface area contributed by atoms with Crippen LogP contribution in [0.3, 0.4) is 0 Å². The zero-order valence-corrected chi connectivity index (χ0v) is 12.1. The maximum atomic E-state index is 13.6. The van der Waals surface area contributed by atoms with Gasteiger partial charge in [0, 0.05) is 6.07 Å². The van der Waals surface area contributed by atoms with Gasteiger partial charge in [0.1, 0.15) is 11.6 Å². The Labute approximate surface area is 127 Å². The van der Waals surface area contributed by atoms with E-state index in [9.17, 15) is 8.78 Å². The fourth-order valence-electron chi connectivity index (χ4n) is 2.00. The summed E-state index contributed by atoms with van der Waals surface area (Å²) in [5.41, 5.74) is 1.51. The quantitative estimate of drug-likeness (QED) is 0.602. The first-order valence-electron chi connectivity index (χ1n) is 5.52.